The number of aryl methyl sites for hydroxylation is 1. The van der Waals surface area contributed by atoms with Gasteiger partial charge in [0, 0.05) is 6.26 Å². The van der Waals surface area contributed by atoms with Crippen LogP contribution < -0.4 is 0 Å². The molecular weight excluding hydrogens is 326 g/mol. The molecule has 1 aliphatic heterocycles. The van der Waals surface area contributed by atoms with Gasteiger partial charge in [0.25, 0.3) is 5.91 Å². The fraction of sp³-hybridized carbons (Fsp3) is 0.357. The molecule has 0 unspecified atom stereocenters. The predicted octanol–water partition coefficient (Wildman–Crippen LogP) is 0.534. The maximum absolute atomic E-state index is 12.0. The van der Waals surface area contributed by atoms with Crippen molar-refractivity contribution in [1.29, 1.82) is 0 Å². The van der Waals surface area contributed by atoms with Crippen LogP contribution >= 0.6 is 0 Å². The van der Waals surface area contributed by atoms with E-state index in [2.05, 4.69) is 4.74 Å². The third-order valence-electron chi connectivity index (χ3n) is 3.25. The summed E-state index contributed by atoms with van der Waals surface area (Å²) >= 11 is 0. The summed E-state index contributed by atoms with van der Waals surface area (Å²) in [5.74, 6) is -1.54. The predicted molar refractivity (Wildman–Crippen MR) is 77.6 cm³/mol. The Balaban J connectivity index is 2.09. The zero-order valence-corrected chi connectivity index (χ0v) is 13.4. The van der Waals surface area contributed by atoms with Crippen LogP contribution in [0.4, 0.5) is 4.79 Å². The molecule has 1 heterocycles. The molecule has 0 aromatic heterocycles. The number of cyclic esters (lactones) is 1. The second-order valence-corrected chi connectivity index (χ2v) is 7.00. The summed E-state index contributed by atoms with van der Waals surface area (Å²) in [5, 5.41) is 0. The van der Waals surface area contributed by atoms with Crippen molar-refractivity contribution in [1.82, 2.24) is 4.90 Å². The smallest absolute Gasteiger partial charge is 0.416 e. The van der Waals surface area contributed by atoms with Crippen LogP contribution in [-0.2, 0) is 24.1 Å². The first kappa shape index (κ1) is 16.9. The van der Waals surface area contributed by atoms with Crippen molar-refractivity contribution < 1.29 is 32.3 Å². The normalized spacial score (nSPS) is 14.5. The van der Waals surface area contributed by atoms with E-state index in [1.165, 1.54) is 18.2 Å². The van der Waals surface area contributed by atoms with Crippen LogP contribution in [0.1, 0.15) is 15.9 Å². The van der Waals surface area contributed by atoms with E-state index in [1.807, 2.05) is 0 Å². The molecule has 1 aliphatic rings. The summed E-state index contributed by atoms with van der Waals surface area (Å²) in [6.07, 6.45) is 0.247. The molecule has 124 valence electrons. The van der Waals surface area contributed by atoms with Crippen LogP contribution in [0.25, 0.3) is 0 Å². The lowest BCUT2D eigenvalue weighted by Crippen LogP contribution is -2.35. The van der Waals surface area contributed by atoms with E-state index in [4.69, 9.17) is 4.74 Å². The van der Waals surface area contributed by atoms with Crippen molar-refractivity contribution in [2.45, 2.75) is 11.8 Å². The molecule has 0 N–H and O–H groups in total. The van der Waals surface area contributed by atoms with E-state index in [-0.39, 0.29) is 23.6 Å². The van der Waals surface area contributed by atoms with E-state index < -0.39 is 34.4 Å². The lowest BCUT2D eigenvalue weighted by atomic mass is 10.1. The maximum Gasteiger partial charge on any atom is 0.416 e. The molecule has 0 aliphatic carbocycles. The molecule has 23 heavy (non-hydrogen) atoms. The fourth-order valence-corrected chi connectivity index (χ4v) is 2.60. The van der Waals surface area contributed by atoms with Gasteiger partial charge in [-0.05, 0) is 24.6 Å². The molecule has 1 fully saturated rings. The number of imide groups is 1. The lowest BCUT2D eigenvalue weighted by molar-refractivity contribution is -0.131. The number of ether oxygens (including phenoxy) is 2. The summed E-state index contributed by atoms with van der Waals surface area (Å²) in [4.78, 5) is 35.8. The molecule has 9 heteroatoms. The third kappa shape index (κ3) is 3.86. The SMILES string of the molecule is Cc1ccc(S(C)(=O)=O)cc1C(=O)OCC(=O)N1CCOC1=O. The highest BCUT2D eigenvalue weighted by atomic mass is 32.2. The Morgan fingerprint density at radius 3 is 2.61 bits per heavy atom. The van der Waals surface area contributed by atoms with Crippen molar-refractivity contribution >= 4 is 27.8 Å². The minimum absolute atomic E-state index is 0.0236. The third-order valence-corrected chi connectivity index (χ3v) is 4.36. The van der Waals surface area contributed by atoms with Gasteiger partial charge in [-0.2, -0.15) is 0 Å². The minimum Gasteiger partial charge on any atom is -0.452 e. The average molecular weight is 341 g/mol. The van der Waals surface area contributed by atoms with Gasteiger partial charge in [-0.3, -0.25) is 4.79 Å². The number of rotatable bonds is 4. The number of carbonyl (C=O) groups is 3. The molecule has 1 saturated heterocycles. The van der Waals surface area contributed by atoms with Crippen LogP contribution in [0.2, 0.25) is 0 Å². The average Bonchev–Trinajstić information content (AvgIpc) is 2.90. The van der Waals surface area contributed by atoms with Gasteiger partial charge in [-0.25, -0.2) is 22.9 Å². The number of hydrogen-bond acceptors (Lipinski definition) is 7. The summed E-state index contributed by atoms with van der Waals surface area (Å²) in [5.41, 5.74) is 0.556. The maximum atomic E-state index is 12.0. The van der Waals surface area contributed by atoms with Crippen molar-refractivity contribution in [3.63, 3.8) is 0 Å². The van der Waals surface area contributed by atoms with Crippen LogP contribution in [0.5, 0.6) is 0 Å². The van der Waals surface area contributed by atoms with Crippen LogP contribution in [-0.4, -0.2) is 57.3 Å². The van der Waals surface area contributed by atoms with Crippen molar-refractivity contribution in [3.8, 4) is 0 Å². The van der Waals surface area contributed by atoms with Crippen LogP contribution in [0.3, 0.4) is 0 Å². The Labute approximate surface area is 132 Å². The summed E-state index contributed by atoms with van der Waals surface area (Å²) in [6, 6.07) is 4.06. The Hall–Kier alpha value is -2.42. The van der Waals surface area contributed by atoms with Crippen molar-refractivity contribution in [2.24, 2.45) is 0 Å². The number of amides is 2. The number of hydrogen-bond donors (Lipinski definition) is 0. The highest BCUT2D eigenvalue weighted by Gasteiger charge is 2.29. The zero-order valence-electron chi connectivity index (χ0n) is 12.6. The van der Waals surface area contributed by atoms with Gasteiger partial charge >= 0.3 is 12.1 Å². The molecule has 0 atom stereocenters. The number of nitrogens with zero attached hydrogens (tertiary/aromatic N) is 1. The van der Waals surface area contributed by atoms with Crippen molar-refractivity contribution in [3.05, 3.63) is 29.3 Å². The number of benzene rings is 1. The van der Waals surface area contributed by atoms with Crippen LogP contribution in [0, 0.1) is 6.92 Å². The number of carbonyl (C=O) groups excluding carboxylic acids is 3. The molecule has 0 spiro atoms. The largest absolute Gasteiger partial charge is 0.452 e. The van der Waals surface area contributed by atoms with E-state index in [9.17, 15) is 22.8 Å². The monoisotopic (exact) mass is 341 g/mol. The molecule has 8 nitrogen and oxygen atoms in total. The summed E-state index contributed by atoms with van der Waals surface area (Å²) in [6.45, 7) is 1.20. The number of sulfone groups is 1. The molecule has 2 amide bonds. The molecule has 1 aromatic rings. The quantitative estimate of drug-likeness (QED) is 0.735. The Bertz CT molecular complexity index is 769. The van der Waals surface area contributed by atoms with Gasteiger partial charge in [-0.1, -0.05) is 6.07 Å². The van der Waals surface area contributed by atoms with Crippen LogP contribution in [0.15, 0.2) is 23.1 Å². The summed E-state index contributed by atoms with van der Waals surface area (Å²) in [7, 11) is -3.47. The highest BCUT2D eigenvalue weighted by molar-refractivity contribution is 7.90. The second-order valence-electron chi connectivity index (χ2n) is 4.98. The van der Waals surface area contributed by atoms with Crippen molar-refractivity contribution in [2.75, 3.05) is 26.0 Å². The first-order valence-electron chi connectivity index (χ1n) is 6.65. The zero-order chi connectivity index (χ0) is 17.2. The van der Waals surface area contributed by atoms with E-state index in [0.29, 0.717) is 5.56 Å². The highest BCUT2D eigenvalue weighted by Crippen LogP contribution is 2.16. The van der Waals surface area contributed by atoms with E-state index >= 15 is 0 Å². The Morgan fingerprint density at radius 2 is 2.04 bits per heavy atom. The van der Waals surface area contributed by atoms with Gasteiger partial charge in [0.2, 0.25) is 0 Å². The first-order chi connectivity index (χ1) is 10.7. The van der Waals surface area contributed by atoms with Gasteiger partial charge < -0.3 is 9.47 Å². The molecular formula is C14H15NO7S. The fourth-order valence-electron chi connectivity index (χ4n) is 1.95. The van der Waals surface area contributed by atoms with E-state index in [0.717, 1.165) is 11.2 Å². The minimum atomic E-state index is -3.47. The molecule has 0 radical (unpaired) electrons. The first-order valence-corrected chi connectivity index (χ1v) is 8.54. The van der Waals surface area contributed by atoms with Gasteiger partial charge in [0.1, 0.15) is 6.61 Å². The molecule has 2 rings (SSSR count). The topological polar surface area (TPSA) is 107 Å². The Morgan fingerprint density at radius 1 is 1.35 bits per heavy atom. The molecule has 0 saturated carbocycles. The summed E-state index contributed by atoms with van der Waals surface area (Å²) < 4.78 is 32.5. The van der Waals surface area contributed by atoms with E-state index in [1.54, 1.807) is 6.92 Å². The molecule has 1 aromatic carbocycles. The second kappa shape index (κ2) is 6.37. The van der Waals surface area contributed by atoms with Gasteiger partial charge in [-0.15, -0.1) is 0 Å². The number of esters is 1. The van der Waals surface area contributed by atoms with Gasteiger partial charge in [0.15, 0.2) is 16.4 Å². The van der Waals surface area contributed by atoms with Gasteiger partial charge in [0.05, 0.1) is 17.0 Å². The standard InChI is InChI=1S/C14H15NO7S/c1-9-3-4-10(23(2,19)20)7-11(9)13(17)22-8-12(16)15-5-6-21-14(15)18/h3-4,7H,5-6,8H2,1-2H3. The molecule has 0 bridgehead atoms. The lowest BCUT2D eigenvalue weighted by Gasteiger charge is -2.12. The Kier molecular flexibility index (Phi) is 4.69.